The smallest absolute Gasteiger partial charge is 0.274 e. The molecule has 0 atom stereocenters. The molecule has 1 aromatic carbocycles. The summed E-state index contributed by atoms with van der Waals surface area (Å²) in [5.74, 6) is 0.799. The molecule has 1 N–H and O–H groups in total. The Balaban J connectivity index is 1.98. The highest BCUT2D eigenvalue weighted by molar-refractivity contribution is 6.29. The van der Waals surface area contributed by atoms with E-state index < -0.39 is 4.92 Å². The highest BCUT2D eigenvalue weighted by Crippen LogP contribution is 2.28. The van der Waals surface area contributed by atoms with Gasteiger partial charge in [-0.15, -0.1) is 0 Å². The van der Waals surface area contributed by atoms with Gasteiger partial charge in [0.2, 0.25) is 0 Å². The fourth-order valence-electron chi connectivity index (χ4n) is 2.19. The number of nitro benzene ring substituents is 1. The number of anilines is 2. The van der Waals surface area contributed by atoms with Crippen molar-refractivity contribution in [3.63, 3.8) is 0 Å². The fraction of sp³-hybridized carbons (Fsp3) is 0.0625. The van der Waals surface area contributed by atoms with E-state index in [9.17, 15) is 10.1 Å². The Morgan fingerprint density at radius 2 is 2.00 bits per heavy atom. The summed E-state index contributed by atoms with van der Waals surface area (Å²) in [6.45, 7) is 1.67. The highest BCUT2D eigenvalue weighted by Gasteiger charge is 2.14. The number of aromatic nitrogens is 3. The molecule has 8 heteroatoms. The maximum absolute atomic E-state index is 11.0. The number of nitrogens with zero attached hydrogens (tertiary/aromatic N) is 4. The van der Waals surface area contributed by atoms with Crippen molar-refractivity contribution in [2.24, 2.45) is 0 Å². The van der Waals surface area contributed by atoms with Crippen molar-refractivity contribution in [3.05, 3.63) is 69.5 Å². The Kier molecular flexibility index (Phi) is 4.35. The molecule has 7 nitrogen and oxygen atoms in total. The van der Waals surface area contributed by atoms with Gasteiger partial charge in [-0.25, -0.2) is 9.97 Å². The van der Waals surface area contributed by atoms with Crippen molar-refractivity contribution < 1.29 is 4.92 Å². The third-order valence-electron chi connectivity index (χ3n) is 3.35. The van der Waals surface area contributed by atoms with Crippen molar-refractivity contribution in [3.8, 4) is 11.5 Å². The van der Waals surface area contributed by atoms with Gasteiger partial charge in [-0.1, -0.05) is 23.7 Å². The Bertz CT molecular complexity index is 902. The Labute approximate surface area is 142 Å². The lowest BCUT2D eigenvalue weighted by molar-refractivity contribution is -0.385. The minimum absolute atomic E-state index is 0.0325. The van der Waals surface area contributed by atoms with Gasteiger partial charge in [-0.05, 0) is 25.1 Å². The number of halogens is 1. The molecular formula is C16H12ClN5O2. The van der Waals surface area contributed by atoms with Crippen LogP contribution in [0.4, 0.5) is 17.2 Å². The van der Waals surface area contributed by atoms with Crippen LogP contribution in [0.25, 0.3) is 11.5 Å². The van der Waals surface area contributed by atoms with Crippen LogP contribution in [-0.4, -0.2) is 19.9 Å². The van der Waals surface area contributed by atoms with Crippen molar-refractivity contribution in [2.45, 2.75) is 6.92 Å². The zero-order valence-corrected chi connectivity index (χ0v) is 13.4. The molecule has 0 amide bonds. The fourth-order valence-corrected chi connectivity index (χ4v) is 2.37. The summed E-state index contributed by atoms with van der Waals surface area (Å²) in [7, 11) is 0. The molecular weight excluding hydrogens is 330 g/mol. The van der Waals surface area contributed by atoms with E-state index >= 15 is 0 Å². The van der Waals surface area contributed by atoms with Crippen LogP contribution in [0.2, 0.25) is 5.15 Å². The first kappa shape index (κ1) is 15.8. The molecule has 0 saturated carbocycles. The van der Waals surface area contributed by atoms with E-state index in [0.717, 1.165) is 0 Å². The number of benzene rings is 1. The predicted octanol–water partition coefficient (Wildman–Crippen LogP) is 4.15. The lowest BCUT2D eigenvalue weighted by Crippen LogP contribution is -2.01. The second-order valence-electron chi connectivity index (χ2n) is 4.95. The first-order valence-corrected chi connectivity index (χ1v) is 7.39. The summed E-state index contributed by atoms with van der Waals surface area (Å²) >= 11 is 6.06. The number of hydrogen-bond donors (Lipinski definition) is 1. The molecule has 0 aliphatic heterocycles. The van der Waals surface area contributed by atoms with Gasteiger partial charge in [0, 0.05) is 24.0 Å². The summed E-state index contributed by atoms with van der Waals surface area (Å²) in [6.07, 6.45) is 1.64. The van der Waals surface area contributed by atoms with Crippen molar-refractivity contribution >= 4 is 28.8 Å². The van der Waals surface area contributed by atoms with Gasteiger partial charge in [-0.3, -0.25) is 15.1 Å². The third kappa shape index (κ3) is 3.31. The lowest BCUT2D eigenvalue weighted by Gasteiger charge is -2.10. The van der Waals surface area contributed by atoms with Crippen molar-refractivity contribution in [1.82, 2.24) is 15.0 Å². The number of pyridine rings is 1. The normalized spacial score (nSPS) is 10.4. The monoisotopic (exact) mass is 341 g/mol. The molecule has 0 saturated heterocycles. The maximum Gasteiger partial charge on any atom is 0.274 e. The van der Waals surface area contributed by atoms with E-state index in [1.165, 1.54) is 6.07 Å². The second kappa shape index (κ2) is 6.59. The standard InChI is InChI=1S/C16H12ClN5O2/c1-10-11(6-4-7-13(10)22(23)24)19-15-9-14(17)20-16(21-15)12-5-2-3-8-18-12/h2-9H,1H3,(H,19,20,21). The van der Waals surface area contributed by atoms with Crippen molar-refractivity contribution in [2.75, 3.05) is 5.32 Å². The molecule has 24 heavy (non-hydrogen) atoms. The van der Waals surface area contributed by atoms with E-state index in [4.69, 9.17) is 11.6 Å². The van der Waals surface area contributed by atoms with Gasteiger partial charge in [0.15, 0.2) is 5.82 Å². The summed E-state index contributed by atoms with van der Waals surface area (Å²) < 4.78 is 0. The van der Waals surface area contributed by atoms with Crippen LogP contribution in [0.5, 0.6) is 0 Å². The summed E-state index contributed by atoms with van der Waals surface area (Å²) in [5.41, 5.74) is 1.70. The Morgan fingerprint density at radius 3 is 2.71 bits per heavy atom. The van der Waals surface area contributed by atoms with Gasteiger partial charge >= 0.3 is 0 Å². The molecule has 0 spiro atoms. The summed E-state index contributed by atoms with van der Waals surface area (Å²) in [6, 6.07) is 11.7. The van der Waals surface area contributed by atoms with Crippen molar-refractivity contribution in [1.29, 1.82) is 0 Å². The van der Waals surface area contributed by atoms with E-state index in [2.05, 4.69) is 20.3 Å². The average molecular weight is 342 g/mol. The van der Waals surface area contributed by atoms with Crippen LogP contribution < -0.4 is 5.32 Å². The quantitative estimate of drug-likeness (QED) is 0.435. The van der Waals surface area contributed by atoms with Crippen LogP contribution in [0.1, 0.15) is 5.56 Å². The highest BCUT2D eigenvalue weighted by atomic mass is 35.5. The number of rotatable bonds is 4. The molecule has 0 unspecified atom stereocenters. The van der Waals surface area contributed by atoms with Gasteiger partial charge in [0.25, 0.3) is 5.69 Å². The summed E-state index contributed by atoms with van der Waals surface area (Å²) in [4.78, 5) is 23.3. The maximum atomic E-state index is 11.0. The topological polar surface area (TPSA) is 93.8 Å². The zero-order chi connectivity index (χ0) is 17.1. The van der Waals surface area contributed by atoms with Gasteiger partial charge < -0.3 is 5.32 Å². The SMILES string of the molecule is Cc1c(Nc2cc(Cl)nc(-c3ccccn3)n2)cccc1[N+](=O)[O-]. The molecule has 0 radical (unpaired) electrons. The average Bonchev–Trinajstić information content (AvgIpc) is 2.57. The molecule has 0 aliphatic carbocycles. The second-order valence-corrected chi connectivity index (χ2v) is 5.33. The van der Waals surface area contributed by atoms with E-state index in [1.54, 1.807) is 43.5 Å². The van der Waals surface area contributed by atoms with E-state index in [1.807, 2.05) is 6.07 Å². The molecule has 0 aliphatic rings. The zero-order valence-electron chi connectivity index (χ0n) is 12.6. The minimum atomic E-state index is -0.424. The van der Waals surface area contributed by atoms with Gasteiger partial charge in [-0.2, -0.15) is 0 Å². The van der Waals surface area contributed by atoms with Crippen LogP contribution >= 0.6 is 11.6 Å². The predicted molar refractivity (Wildman–Crippen MR) is 91.4 cm³/mol. The molecule has 120 valence electrons. The summed E-state index contributed by atoms with van der Waals surface area (Å²) in [5, 5.41) is 14.3. The Hall–Kier alpha value is -3.06. The number of nitrogens with one attached hydrogen (secondary N) is 1. The third-order valence-corrected chi connectivity index (χ3v) is 3.55. The van der Waals surface area contributed by atoms with Crippen LogP contribution in [0, 0.1) is 17.0 Å². The van der Waals surface area contributed by atoms with Crippen LogP contribution in [-0.2, 0) is 0 Å². The van der Waals surface area contributed by atoms with Gasteiger partial charge in [0.1, 0.15) is 16.7 Å². The molecule has 0 bridgehead atoms. The molecule has 0 fully saturated rings. The molecule has 2 aromatic heterocycles. The van der Waals surface area contributed by atoms with Crippen LogP contribution in [0.3, 0.4) is 0 Å². The molecule has 3 rings (SSSR count). The van der Waals surface area contributed by atoms with E-state index in [0.29, 0.717) is 28.6 Å². The Morgan fingerprint density at radius 1 is 1.17 bits per heavy atom. The molecule has 2 heterocycles. The first-order valence-electron chi connectivity index (χ1n) is 7.01. The largest absolute Gasteiger partial charge is 0.340 e. The minimum Gasteiger partial charge on any atom is -0.340 e. The van der Waals surface area contributed by atoms with Gasteiger partial charge in [0.05, 0.1) is 10.5 Å². The van der Waals surface area contributed by atoms with Crippen LogP contribution in [0.15, 0.2) is 48.7 Å². The lowest BCUT2D eigenvalue weighted by atomic mass is 10.1. The number of nitro groups is 1. The van der Waals surface area contributed by atoms with E-state index in [-0.39, 0.29) is 10.8 Å². The number of hydrogen-bond acceptors (Lipinski definition) is 6. The first-order chi connectivity index (χ1) is 11.5. The molecule has 3 aromatic rings.